The number of carboxylic acid groups (broad SMARTS) is 1. The van der Waals surface area contributed by atoms with Crippen LogP contribution in [0.2, 0.25) is 0 Å². The van der Waals surface area contributed by atoms with Crippen molar-refractivity contribution in [3.05, 3.63) is 58.6 Å². The molecule has 0 amide bonds. The van der Waals surface area contributed by atoms with Gasteiger partial charge >= 0.3 is 5.97 Å². The number of hydrogen-bond donors (Lipinski definition) is 1. The summed E-state index contributed by atoms with van der Waals surface area (Å²) in [6, 6.07) is 8.94. The van der Waals surface area contributed by atoms with Crippen molar-refractivity contribution in [2.75, 3.05) is 0 Å². The molecule has 0 atom stereocenters. The third-order valence-corrected chi connectivity index (χ3v) is 3.58. The predicted octanol–water partition coefficient (Wildman–Crippen LogP) is 2.94. The van der Waals surface area contributed by atoms with Crippen molar-refractivity contribution >= 4 is 32.9 Å². The lowest BCUT2D eigenvalue weighted by Crippen LogP contribution is -2.04. The predicted molar refractivity (Wildman–Crippen MR) is 77.7 cm³/mol. The van der Waals surface area contributed by atoms with Crippen LogP contribution in [0.15, 0.2) is 47.2 Å². The Bertz CT molecular complexity index is 784. The van der Waals surface area contributed by atoms with Crippen molar-refractivity contribution in [2.45, 2.75) is 6.54 Å². The largest absolute Gasteiger partial charge is 0.477 e. The molecular formula is C14H10BrN3O2. The number of carboxylic acids is 1. The molecule has 0 radical (unpaired) electrons. The molecule has 0 aliphatic rings. The van der Waals surface area contributed by atoms with Crippen LogP contribution in [-0.2, 0) is 6.54 Å². The second-order valence-electron chi connectivity index (χ2n) is 4.30. The van der Waals surface area contributed by atoms with Crippen LogP contribution in [0.3, 0.4) is 0 Å². The number of rotatable bonds is 3. The van der Waals surface area contributed by atoms with E-state index in [1.807, 2.05) is 29.0 Å². The maximum Gasteiger partial charge on any atom is 0.354 e. The number of halogens is 1. The molecule has 0 saturated carbocycles. The number of hydrogen-bond acceptors (Lipinski definition) is 3. The zero-order valence-electron chi connectivity index (χ0n) is 10.3. The van der Waals surface area contributed by atoms with E-state index in [0.717, 1.165) is 15.6 Å². The van der Waals surface area contributed by atoms with E-state index in [0.29, 0.717) is 12.2 Å². The molecule has 6 heteroatoms. The number of aromatic nitrogens is 3. The molecule has 20 heavy (non-hydrogen) atoms. The summed E-state index contributed by atoms with van der Waals surface area (Å²) in [5.41, 5.74) is 1.55. The van der Waals surface area contributed by atoms with Gasteiger partial charge < -0.3 is 9.67 Å². The minimum absolute atomic E-state index is 0.0328. The zero-order valence-corrected chi connectivity index (χ0v) is 11.9. The van der Waals surface area contributed by atoms with Gasteiger partial charge in [0.05, 0.1) is 12.2 Å². The van der Waals surface area contributed by atoms with Crippen LogP contribution in [0.5, 0.6) is 0 Å². The summed E-state index contributed by atoms with van der Waals surface area (Å²) in [5.74, 6) is -1.03. The van der Waals surface area contributed by atoms with E-state index in [4.69, 9.17) is 5.11 Å². The van der Waals surface area contributed by atoms with Gasteiger partial charge in [0.15, 0.2) is 5.69 Å². The summed E-state index contributed by atoms with van der Waals surface area (Å²) >= 11 is 3.46. The van der Waals surface area contributed by atoms with Gasteiger partial charge in [0.2, 0.25) is 0 Å². The number of carbonyl (C=O) groups is 1. The van der Waals surface area contributed by atoms with Gasteiger partial charge in [-0.1, -0.05) is 6.07 Å². The second kappa shape index (κ2) is 5.05. The lowest BCUT2D eigenvalue weighted by atomic mass is 10.3. The first kappa shape index (κ1) is 12.8. The number of fused-ring (bicyclic) bond motifs is 1. The van der Waals surface area contributed by atoms with Gasteiger partial charge in [-0.25, -0.2) is 9.78 Å². The van der Waals surface area contributed by atoms with E-state index in [2.05, 4.69) is 25.9 Å². The quantitative estimate of drug-likeness (QED) is 0.801. The molecule has 1 N–H and O–H groups in total. The lowest BCUT2D eigenvalue weighted by Gasteiger charge is -2.04. The monoisotopic (exact) mass is 331 g/mol. The smallest absolute Gasteiger partial charge is 0.354 e. The minimum Gasteiger partial charge on any atom is -0.477 e. The standard InChI is InChI=1S/C14H10BrN3O2/c15-11-8-18(7-9-3-1-2-6-16-9)13-10(11)4-5-12(17-13)14(19)20/h1-6,8H,7H2,(H,19,20). The zero-order chi connectivity index (χ0) is 14.1. The fourth-order valence-corrected chi connectivity index (χ4v) is 2.58. The van der Waals surface area contributed by atoms with Crippen molar-refractivity contribution in [3.63, 3.8) is 0 Å². The van der Waals surface area contributed by atoms with Crippen molar-refractivity contribution < 1.29 is 9.90 Å². The van der Waals surface area contributed by atoms with E-state index in [1.165, 1.54) is 6.07 Å². The summed E-state index contributed by atoms with van der Waals surface area (Å²) in [6.45, 7) is 0.541. The molecule has 0 fully saturated rings. The maximum atomic E-state index is 11.0. The molecule has 5 nitrogen and oxygen atoms in total. The van der Waals surface area contributed by atoms with Gasteiger partial charge in [0.1, 0.15) is 5.65 Å². The molecule has 3 rings (SSSR count). The second-order valence-corrected chi connectivity index (χ2v) is 5.15. The van der Waals surface area contributed by atoms with E-state index in [1.54, 1.807) is 12.3 Å². The average Bonchev–Trinajstić information content (AvgIpc) is 2.76. The first-order chi connectivity index (χ1) is 9.65. The van der Waals surface area contributed by atoms with E-state index < -0.39 is 5.97 Å². The third-order valence-electron chi connectivity index (χ3n) is 2.95. The molecule has 0 aromatic carbocycles. The molecule has 3 heterocycles. The summed E-state index contributed by atoms with van der Waals surface area (Å²) in [4.78, 5) is 19.5. The van der Waals surface area contributed by atoms with E-state index >= 15 is 0 Å². The van der Waals surface area contributed by atoms with E-state index in [9.17, 15) is 4.79 Å². The van der Waals surface area contributed by atoms with Crippen LogP contribution >= 0.6 is 15.9 Å². The highest BCUT2D eigenvalue weighted by molar-refractivity contribution is 9.10. The SMILES string of the molecule is O=C(O)c1ccc2c(Br)cn(Cc3ccccn3)c2n1. The van der Waals surface area contributed by atoms with Gasteiger partial charge in [-0.3, -0.25) is 4.98 Å². The number of pyridine rings is 2. The highest BCUT2D eigenvalue weighted by Crippen LogP contribution is 2.25. The summed E-state index contributed by atoms with van der Waals surface area (Å²) in [7, 11) is 0. The van der Waals surface area contributed by atoms with Crippen LogP contribution in [-0.4, -0.2) is 25.6 Å². The van der Waals surface area contributed by atoms with Gasteiger partial charge in [0.25, 0.3) is 0 Å². The fourth-order valence-electron chi connectivity index (χ4n) is 2.03. The Morgan fingerprint density at radius 3 is 2.85 bits per heavy atom. The molecule has 0 saturated heterocycles. The van der Waals surface area contributed by atoms with Crippen LogP contribution in [0.1, 0.15) is 16.2 Å². The highest BCUT2D eigenvalue weighted by Gasteiger charge is 2.12. The summed E-state index contributed by atoms with van der Waals surface area (Å²) in [6.07, 6.45) is 3.62. The summed E-state index contributed by atoms with van der Waals surface area (Å²) in [5, 5.41) is 9.92. The lowest BCUT2D eigenvalue weighted by molar-refractivity contribution is 0.0691. The number of nitrogens with zero attached hydrogens (tertiary/aromatic N) is 3. The molecule has 100 valence electrons. The molecular weight excluding hydrogens is 322 g/mol. The average molecular weight is 332 g/mol. The van der Waals surface area contributed by atoms with Crippen LogP contribution < -0.4 is 0 Å². The van der Waals surface area contributed by atoms with Gasteiger partial charge in [-0.2, -0.15) is 0 Å². The van der Waals surface area contributed by atoms with Crippen LogP contribution in [0, 0.1) is 0 Å². The van der Waals surface area contributed by atoms with Crippen LogP contribution in [0.25, 0.3) is 11.0 Å². The number of aromatic carboxylic acids is 1. The van der Waals surface area contributed by atoms with Crippen molar-refractivity contribution in [2.24, 2.45) is 0 Å². The Morgan fingerprint density at radius 2 is 2.15 bits per heavy atom. The van der Waals surface area contributed by atoms with Crippen molar-refractivity contribution in [1.82, 2.24) is 14.5 Å². The molecule has 0 aliphatic carbocycles. The van der Waals surface area contributed by atoms with Crippen molar-refractivity contribution in [1.29, 1.82) is 0 Å². The summed E-state index contributed by atoms with van der Waals surface area (Å²) < 4.78 is 2.77. The van der Waals surface area contributed by atoms with Gasteiger partial charge in [-0.15, -0.1) is 0 Å². The molecule has 0 spiro atoms. The Labute approximate surface area is 123 Å². The topological polar surface area (TPSA) is 68.0 Å². The Hall–Kier alpha value is -2.21. The molecule has 0 aliphatic heterocycles. The maximum absolute atomic E-state index is 11.0. The highest BCUT2D eigenvalue weighted by atomic mass is 79.9. The normalized spacial score (nSPS) is 10.8. The molecule has 0 unspecified atom stereocenters. The Morgan fingerprint density at radius 1 is 1.30 bits per heavy atom. The van der Waals surface area contributed by atoms with Gasteiger partial charge in [-0.05, 0) is 40.2 Å². The van der Waals surface area contributed by atoms with Gasteiger partial charge in [0, 0.05) is 22.3 Å². The molecule has 0 bridgehead atoms. The van der Waals surface area contributed by atoms with E-state index in [-0.39, 0.29) is 5.69 Å². The molecule has 3 aromatic rings. The first-order valence-electron chi connectivity index (χ1n) is 5.94. The fraction of sp³-hybridized carbons (Fsp3) is 0.0714. The first-order valence-corrected chi connectivity index (χ1v) is 6.73. The minimum atomic E-state index is -1.03. The van der Waals surface area contributed by atoms with Crippen molar-refractivity contribution in [3.8, 4) is 0 Å². The third kappa shape index (κ3) is 2.30. The Kier molecular flexibility index (Phi) is 3.23. The Balaban J connectivity index is 2.10. The molecule has 3 aromatic heterocycles. The van der Waals surface area contributed by atoms with Crippen LogP contribution in [0.4, 0.5) is 0 Å².